The van der Waals surface area contributed by atoms with E-state index in [1.807, 2.05) is 68.4 Å². The summed E-state index contributed by atoms with van der Waals surface area (Å²) in [7, 11) is 0. The Morgan fingerprint density at radius 1 is 1.11 bits per heavy atom. The molecule has 2 aliphatic heterocycles. The van der Waals surface area contributed by atoms with Gasteiger partial charge in [-0.15, -0.1) is 12.6 Å². The van der Waals surface area contributed by atoms with Crippen molar-refractivity contribution in [3.8, 4) is 0 Å². The predicted molar refractivity (Wildman–Crippen MR) is 148 cm³/mol. The first kappa shape index (κ1) is 24.7. The van der Waals surface area contributed by atoms with E-state index in [9.17, 15) is 14.4 Å². The van der Waals surface area contributed by atoms with Crippen molar-refractivity contribution >= 4 is 41.9 Å². The lowest BCUT2D eigenvalue weighted by molar-refractivity contribution is -0.150. The number of carbonyl (C=O) groups is 3. The van der Waals surface area contributed by atoms with E-state index >= 15 is 0 Å². The molecule has 0 saturated carbocycles. The summed E-state index contributed by atoms with van der Waals surface area (Å²) in [5.41, 5.74) is 3.48. The Labute approximate surface area is 227 Å². The average molecular weight is 527 g/mol. The molecule has 38 heavy (non-hydrogen) atoms. The van der Waals surface area contributed by atoms with Gasteiger partial charge in [-0.1, -0.05) is 44.2 Å². The summed E-state index contributed by atoms with van der Waals surface area (Å²) in [6.07, 6.45) is 4.35. The van der Waals surface area contributed by atoms with Crippen LogP contribution in [0.4, 0.5) is 11.5 Å². The number of rotatable bonds is 4. The van der Waals surface area contributed by atoms with Gasteiger partial charge < -0.3 is 15.5 Å². The van der Waals surface area contributed by atoms with Crippen LogP contribution < -0.4 is 10.6 Å². The Morgan fingerprint density at radius 2 is 1.89 bits per heavy atom. The highest BCUT2D eigenvalue weighted by Gasteiger charge is 2.51. The second-order valence-electron chi connectivity index (χ2n) is 11.3. The average Bonchev–Trinajstić information content (AvgIpc) is 3.40. The predicted octanol–water partition coefficient (Wildman–Crippen LogP) is 4.69. The number of hydrogen-bond donors (Lipinski definition) is 3. The second kappa shape index (κ2) is 8.98. The quantitative estimate of drug-likeness (QED) is 0.430. The van der Waals surface area contributed by atoms with E-state index in [-0.39, 0.29) is 30.3 Å². The van der Waals surface area contributed by atoms with E-state index in [1.54, 1.807) is 11.1 Å². The van der Waals surface area contributed by atoms with Gasteiger partial charge in [0.25, 0.3) is 0 Å². The summed E-state index contributed by atoms with van der Waals surface area (Å²) in [6.45, 7) is 3.83. The molecule has 3 aliphatic rings. The lowest BCUT2D eigenvalue weighted by atomic mass is 9.78. The lowest BCUT2D eigenvalue weighted by Gasteiger charge is -2.43. The van der Waals surface area contributed by atoms with Crippen LogP contribution in [-0.4, -0.2) is 34.2 Å². The van der Waals surface area contributed by atoms with E-state index in [4.69, 9.17) is 0 Å². The zero-order chi connectivity index (χ0) is 26.7. The molecule has 2 unspecified atom stereocenters. The second-order valence-corrected chi connectivity index (χ2v) is 11.7. The molecular weight excluding hydrogens is 496 g/mol. The number of nitrogens with one attached hydrogen (secondary N) is 2. The number of thiol groups is 1. The first-order chi connectivity index (χ1) is 18.2. The third-order valence-corrected chi connectivity index (χ3v) is 8.74. The Kier molecular flexibility index (Phi) is 5.83. The van der Waals surface area contributed by atoms with Crippen LogP contribution in [0.25, 0.3) is 0 Å². The Morgan fingerprint density at radius 3 is 2.71 bits per heavy atom. The molecule has 1 aliphatic carbocycles. The van der Waals surface area contributed by atoms with Crippen LogP contribution in [0, 0.1) is 5.41 Å². The number of hydrogen-bond acceptors (Lipinski definition) is 5. The fourth-order valence-corrected chi connectivity index (χ4v) is 6.58. The van der Waals surface area contributed by atoms with Gasteiger partial charge in [0, 0.05) is 27.8 Å². The van der Waals surface area contributed by atoms with Gasteiger partial charge in [0.05, 0.1) is 11.5 Å². The van der Waals surface area contributed by atoms with Crippen LogP contribution >= 0.6 is 12.6 Å². The maximum Gasteiger partial charge on any atom is 0.244 e. The minimum atomic E-state index is -0.659. The Balaban J connectivity index is 1.21. The number of aromatic nitrogens is 1. The van der Waals surface area contributed by atoms with Crippen molar-refractivity contribution in [1.29, 1.82) is 0 Å². The fourth-order valence-electron chi connectivity index (χ4n) is 6.27. The molecule has 1 spiro atoms. The highest BCUT2D eigenvalue weighted by Crippen LogP contribution is 2.47. The van der Waals surface area contributed by atoms with Crippen LogP contribution in [0.15, 0.2) is 65.7 Å². The number of pyridine rings is 1. The fraction of sp³-hybridized carbons (Fsp3) is 0.333. The van der Waals surface area contributed by atoms with Gasteiger partial charge in [-0.25, -0.2) is 4.98 Å². The van der Waals surface area contributed by atoms with Gasteiger partial charge >= 0.3 is 0 Å². The molecule has 2 atom stereocenters. The molecule has 0 bridgehead atoms. The molecule has 194 valence electrons. The van der Waals surface area contributed by atoms with Gasteiger partial charge in [0.1, 0.15) is 12.4 Å². The van der Waals surface area contributed by atoms with E-state index in [0.717, 1.165) is 40.0 Å². The summed E-state index contributed by atoms with van der Waals surface area (Å²) in [5.74, 6) is 0.314. The van der Waals surface area contributed by atoms with E-state index in [0.29, 0.717) is 24.3 Å². The third-order valence-electron chi connectivity index (χ3n) is 8.33. The maximum absolute atomic E-state index is 13.4. The molecule has 3 aromatic rings. The summed E-state index contributed by atoms with van der Waals surface area (Å²) in [6, 6.07) is 17.2. The van der Waals surface area contributed by atoms with Crippen molar-refractivity contribution in [2.45, 2.75) is 55.9 Å². The maximum atomic E-state index is 13.4. The van der Waals surface area contributed by atoms with Crippen molar-refractivity contribution in [3.05, 3.63) is 83.0 Å². The molecular formula is C30H30N4O3S. The van der Waals surface area contributed by atoms with Crippen molar-refractivity contribution < 1.29 is 14.4 Å². The summed E-state index contributed by atoms with van der Waals surface area (Å²) < 4.78 is 0. The number of likely N-dealkylation sites (tertiary alicyclic amines) is 1. The number of carbonyl (C=O) groups excluding carboxylic acids is 3. The van der Waals surface area contributed by atoms with Crippen molar-refractivity contribution in [3.63, 3.8) is 0 Å². The lowest BCUT2D eigenvalue weighted by Crippen LogP contribution is -2.50. The highest BCUT2D eigenvalue weighted by atomic mass is 32.1. The number of benzene rings is 2. The van der Waals surface area contributed by atoms with Crippen molar-refractivity contribution in [2.75, 3.05) is 17.2 Å². The molecule has 6 rings (SSSR count). The minimum Gasteiger partial charge on any atom is -0.326 e. The Hall–Kier alpha value is -3.65. The third kappa shape index (κ3) is 3.98. The van der Waals surface area contributed by atoms with Crippen LogP contribution in [0.3, 0.4) is 0 Å². The minimum absolute atomic E-state index is 0.0316. The van der Waals surface area contributed by atoms with E-state index in [2.05, 4.69) is 28.2 Å². The first-order valence-electron chi connectivity index (χ1n) is 13.0. The van der Waals surface area contributed by atoms with Crippen LogP contribution in [0.2, 0.25) is 0 Å². The molecule has 2 aromatic carbocycles. The van der Waals surface area contributed by atoms with Gasteiger partial charge in [0.15, 0.2) is 0 Å². The zero-order valence-corrected chi connectivity index (χ0v) is 22.3. The van der Waals surface area contributed by atoms with Crippen LogP contribution in [0.1, 0.15) is 55.0 Å². The molecule has 3 amide bonds. The molecule has 1 aromatic heterocycles. The number of nitrogens with zero attached hydrogens (tertiary/aromatic N) is 2. The molecule has 1 fully saturated rings. The highest BCUT2D eigenvalue weighted by molar-refractivity contribution is 7.80. The summed E-state index contributed by atoms with van der Waals surface area (Å²) in [4.78, 5) is 46.5. The van der Waals surface area contributed by atoms with Gasteiger partial charge in [-0.05, 0) is 66.6 Å². The molecule has 3 heterocycles. The number of piperidine rings is 1. The number of fused-ring (bicyclic) bond motifs is 3. The van der Waals surface area contributed by atoms with E-state index < -0.39 is 10.8 Å². The van der Waals surface area contributed by atoms with E-state index in [1.165, 1.54) is 0 Å². The van der Waals surface area contributed by atoms with Gasteiger partial charge in [-0.2, -0.15) is 0 Å². The largest absolute Gasteiger partial charge is 0.326 e. The number of amides is 3. The van der Waals surface area contributed by atoms with Crippen molar-refractivity contribution in [2.24, 2.45) is 5.41 Å². The van der Waals surface area contributed by atoms with Gasteiger partial charge in [0.2, 0.25) is 17.7 Å². The first-order valence-corrected chi connectivity index (χ1v) is 13.4. The van der Waals surface area contributed by atoms with Crippen molar-refractivity contribution in [1.82, 2.24) is 9.88 Å². The molecule has 0 radical (unpaired) electrons. The molecule has 2 N–H and O–H groups in total. The molecule has 8 heteroatoms. The standard InChI is InChI=1S/C30H30N4O3S/c1-29(2)12-11-23(21-6-3-4-8-24(21)38)34(28(29)37)17-25(35)32-20-10-9-18-15-30(16-19(18)14-20)22-7-5-13-31-26(22)33-27(30)36/h3-10,13-14,23,38H,11-12,15-17H2,1-2H3,(H,32,35)(H,31,33,36). The molecule has 1 saturated heterocycles. The SMILES string of the molecule is CC1(C)CCC(c2ccccc2S)N(CC(=O)Nc2ccc3c(c2)CC2(C3)C(=O)Nc3ncccc32)C1=O. The Bertz CT molecular complexity index is 1490. The van der Waals surface area contributed by atoms with Crippen LogP contribution in [0.5, 0.6) is 0 Å². The smallest absolute Gasteiger partial charge is 0.244 e. The molecule has 7 nitrogen and oxygen atoms in total. The monoisotopic (exact) mass is 526 g/mol. The topological polar surface area (TPSA) is 91.4 Å². The van der Waals surface area contributed by atoms with Crippen LogP contribution in [-0.2, 0) is 32.6 Å². The summed E-state index contributed by atoms with van der Waals surface area (Å²) in [5, 5.41) is 5.92. The normalized spacial score (nSPS) is 23.2. The summed E-state index contributed by atoms with van der Waals surface area (Å²) >= 11 is 4.62. The van der Waals surface area contributed by atoms with Gasteiger partial charge in [-0.3, -0.25) is 14.4 Å². The number of anilines is 2. The zero-order valence-electron chi connectivity index (χ0n) is 21.5.